The summed E-state index contributed by atoms with van der Waals surface area (Å²) in [6.07, 6.45) is 0. The van der Waals surface area contributed by atoms with Crippen molar-refractivity contribution in [1.29, 1.82) is 5.26 Å². The predicted molar refractivity (Wildman–Crippen MR) is 68.0 cm³/mol. The van der Waals surface area contributed by atoms with Gasteiger partial charge in [0, 0.05) is 6.04 Å². The molecule has 1 amide bonds. The van der Waals surface area contributed by atoms with Gasteiger partial charge in [-0.05, 0) is 24.6 Å². The molecule has 0 bridgehead atoms. The van der Waals surface area contributed by atoms with Crippen molar-refractivity contribution in [1.82, 2.24) is 10.6 Å². The molecule has 1 rings (SSSR count). The second-order valence-corrected chi connectivity index (χ2v) is 3.81. The van der Waals surface area contributed by atoms with Gasteiger partial charge >= 0.3 is 0 Å². The Bertz CT molecular complexity index is 440. The molecule has 0 spiro atoms. The van der Waals surface area contributed by atoms with Crippen LogP contribution < -0.4 is 15.4 Å². The molecule has 0 aliphatic heterocycles. The molecule has 1 atom stereocenters. The lowest BCUT2D eigenvalue weighted by Crippen LogP contribution is -2.35. The molecule has 0 unspecified atom stereocenters. The van der Waals surface area contributed by atoms with Crippen molar-refractivity contribution in [3.63, 3.8) is 0 Å². The first-order valence-corrected chi connectivity index (χ1v) is 5.68. The van der Waals surface area contributed by atoms with E-state index in [1.54, 1.807) is 7.11 Å². The van der Waals surface area contributed by atoms with E-state index >= 15 is 0 Å². The number of methoxy groups -OCH3 is 1. The van der Waals surface area contributed by atoms with Crippen LogP contribution in [0.1, 0.15) is 18.5 Å². The Morgan fingerprint density at radius 1 is 1.56 bits per heavy atom. The van der Waals surface area contributed by atoms with Gasteiger partial charge in [0.25, 0.3) is 0 Å². The van der Waals surface area contributed by atoms with Gasteiger partial charge < -0.3 is 15.4 Å². The molecule has 2 N–H and O–H groups in total. The van der Waals surface area contributed by atoms with E-state index < -0.39 is 0 Å². The molecular weight excluding hydrogens is 230 g/mol. The van der Waals surface area contributed by atoms with E-state index in [0.29, 0.717) is 0 Å². The van der Waals surface area contributed by atoms with E-state index in [-0.39, 0.29) is 25.0 Å². The minimum absolute atomic E-state index is 0.0351. The summed E-state index contributed by atoms with van der Waals surface area (Å²) < 4.78 is 5.14. The fraction of sp³-hybridized carbons (Fsp3) is 0.385. The third-order valence-electron chi connectivity index (χ3n) is 2.53. The summed E-state index contributed by atoms with van der Waals surface area (Å²) in [5, 5.41) is 13.9. The average molecular weight is 247 g/mol. The topological polar surface area (TPSA) is 74.2 Å². The van der Waals surface area contributed by atoms with Crippen LogP contribution in [0.15, 0.2) is 24.3 Å². The first-order chi connectivity index (χ1) is 8.67. The van der Waals surface area contributed by atoms with Crippen LogP contribution >= 0.6 is 0 Å². The number of nitriles is 1. The Morgan fingerprint density at radius 2 is 2.33 bits per heavy atom. The Kier molecular flexibility index (Phi) is 5.68. The van der Waals surface area contributed by atoms with Crippen LogP contribution in [0.3, 0.4) is 0 Å². The molecule has 0 aliphatic rings. The highest BCUT2D eigenvalue weighted by molar-refractivity contribution is 5.78. The second kappa shape index (κ2) is 7.30. The van der Waals surface area contributed by atoms with Crippen molar-refractivity contribution in [3.05, 3.63) is 29.8 Å². The molecule has 1 aromatic carbocycles. The van der Waals surface area contributed by atoms with E-state index in [0.717, 1.165) is 11.3 Å². The van der Waals surface area contributed by atoms with Gasteiger partial charge in [-0.1, -0.05) is 12.1 Å². The fourth-order valence-corrected chi connectivity index (χ4v) is 1.48. The summed E-state index contributed by atoms with van der Waals surface area (Å²) in [7, 11) is 1.62. The minimum atomic E-state index is -0.189. The van der Waals surface area contributed by atoms with Crippen LogP contribution in [0.5, 0.6) is 5.75 Å². The van der Waals surface area contributed by atoms with E-state index in [4.69, 9.17) is 10.00 Å². The number of benzene rings is 1. The Balaban J connectivity index is 2.47. The first kappa shape index (κ1) is 14.0. The number of ether oxygens (including phenoxy) is 1. The number of nitrogens with one attached hydrogen (secondary N) is 2. The molecule has 0 aliphatic carbocycles. The molecule has 0 aromatic heterocycles. The molecule has 0 heterocycles. The molecule has 0 saturated heterocycles. The number of carbonyl (C=O) groups is 1. The molecule has 5 heteroatoms. The van der Waals surface area contributed by atoms with Crippen LogP contribution in [0.4, 0.5) is 0 Å². The average Bonchev–Trinajstić information content (AvgIpc) is 2.42. The number of hydrogen-bond donors (Lipinski definition) is 2. The summed E-state index contributed by atoms with van der Waals surface area (Å²) in [6.45, 7) is 2.18. The SMILES string of the molecule is COc1cccc([C@H](C)NCC(=O)NCC#N)c1. The molecule has 5 nitrogen and oxygen atoms in total. The zero-order chi connectivity index (χ0) is 13.4. The number of nitrogens with zero attached hydrogens (tertiary/aromatic N) is 1. The van der Waals surface area contributed by atoms with E-state index in [9.17, 15) is 4.79 Å². The lowest BCUT2D eigenvalue weighted by atomic mass is 10.1. The lowest BCUT2D eigenvalue weighted by Gasteiger charge is -2.14. The number of rotatable bonds is 6. The molecule has 96 valence electrons. The van der Waals surface area contributed by atoms with Gasteiger partial charge in [-0.25, -0.2) is 0 Å². The van der Waals surface area contributed by atoms with Crippen LogP contribution in [0.25, 0.3) is 0 Å². The van der Waals surface area contributed by atoms with Crippen LogP contribution in [-0.2, 0) is 4.79 Å². The highest BCUT2D eigenvalue weighted by Crippen LogP contribution is 2.18. The van der Waals surface area contributed by atoms with Crippen molar-refractivity contribution in [2.75, 3.05) is 20.2 Å². The quantitative estimate of drug-likeness (QED) is 0.735. The molecule has 0 radical (unpaired) electrons. The summed E-state index contributed by atoms with van der Waals surface area (Å²) in [6, 6.07) is 9.55. The van der Waals surface area contributed by atoms with Crippen LogP contribution in [-0.4, -0.2) is 26.1 Å². The fourth-order valence-electron chi connectivity index (χ4n) is 1.48. The minimum Gasteiger partial charge on any atom is -0.497 e. The van der Waals surface area contributed by atoms with Gasteiger partial charge in [0.1, 0.15) is 12.3 Å². The van der Waals surface area contributed by atoms with Crippen molar-refractivity contribution >= 4 is 5.91 Å². The monoisotopic (exact) mass is 247 g/mol. The van der Waals surface area contributed by atoms with Crippen molar-refractivity contribution in [3.8, 4) is 11.8 Å². The van der Waals surface area contributed by atoms with E-state index in [2.05, 4.69) is 10.6 Å². The third-order valence-corrected chi connectivity index (χ3v) is 2.53. The van der Waals surface area contributed by atoms with Crippen molar-refractivity contribution < 1.29 is 9.53 Å². The first-order valence-electron chi connectivity index (χ1n) is 5.68. The smallest absolute Gasteiger partial charge is 0.234 e. The normalized spacial score (nSPS) is 11.4. The number of hydrogen-bond acceptors (Lipinski definition) is 4. The van der Waals surface area contributed by atoms with E-state index in [1.165, 1.54) is 0 Å². The van der Waals surface area contributed by atoms with Gasteiger partial charge in [0.2, 0.25) is 5.91 Å². The lowest BCUT2D eigenvalue weighted by molar-refractivity contribution is -0.120. The maximum Gasteiger partial charge on any atom is 0.234 e. The standard InChI is InChI=1S/C13H17N3O2/c1-10(16-9-13(17)15-7-6-14)11-4-3-5-12(8-11)18-2/h3-5,8,10,16H,7,9H2,1-2H3,(H,15,17)/t10-/m0/s1. The molecule has 18 heavy (non-hydrogen) atoms. The summed E-state index contributed by atoms with van der Waals surface area (Å²) in [5.41, 5.74) is 1.04. The third kappa shape index (κ3) is 4.44. The maximum absolute atomic E-state index is 11.3. The van der Waals surface area contributed by atoms with Gasteiger partial charge in [-0.2, -0.15) is 5.26 Å². The molecule has 0 fully saturated rings. The molecule has 0 saturated carbocycles. The Morgan fingerprint density at radius 3 is 3.00 bits per heavy atom. The molecular formula is C13H17N3O2. The zero-order valence-corrected chi connectivity index (χ0v) is 10.6. The maximum atomic E-state index is 11.3. The number of amides is 1. The zero-order valence-electron chi connectivity index (χ0n) is 10.6. The van der Waals surface area contributed by atoms with Gasteiger partial charge in [0.05, 0.1) is 19.7 Å². The van der Waals surface area contributed by atoms with Gasteiger partial charge in [-0.15, -0.1) is 0 Å². The Labute approximate surface area is 107 Å². The van der Waals surface area contributed by atoms with Gasteiger partial charge in [-0.3, -0.25) is 4.79 Å². The van der Waals surface area contributed by atoms with Crippen LogP contribution in [0.2, 0.25) is 0 Å². The highest BCUT2D eigenvalue weighted by Gasteiger charge is 2.08. The summed E-state index contributed by atoms with van der Waals surface area (Å²) >= 11 is 0. The predicted octanol–water partition coefficient (Wildman–Crippen LogP) is 0.986. The summed E-state index contributed by atoms with van der Waals surface area (Å²) in [5.74, 6) is 0.598. The largest absolute Gasteiger partial charge is 0.497 e. The Hall–Kier alpha value is -2.06. The van der Waals surface area contributed by atoms with Gasteiger partial charge in [0.15, 0.2) is 0 Å². The molecule has 1 aromatic rings. The second-order valence-electron chi connectivity index (χ2n) is 3.81. The van der Waals surface area contributed by atoms with Crippen molar-refractivity contribution in [2.45, 2.75) is 13.0 Å². The van der Waals surface area contributed by atoms with Crippen LogP contribution in [0, 0.1) is 11.3 Å². The number of carbonyl (C=O) groups excluding carboxylic acids is 1. The van der Waals surface area contributed by atoms with E-state index in [1.807, 2.05) is 37.3 Å². The highest BCUT2D eigenvalue weighted by atomic mass is 16.5. The summed E-state index contributed by atoms with van der Waals surface area (Å²) in [4.78, 5) is 11.3. The van der Waals surface area contributed by atoms with Crippen molar-refractivity contribution in [2.24, 2.45) is 0 Å².